The minimum Gasteiger partial charge on any atom is -0.490 e. The van der Waals surface area contributed by atoms with Gasteiger partial charge in [0.2, 0.25) is 5.75 Å². The lowest BCUT2D eigenvalue weighted by Gasteiger charge is -2.17. The summed E-state index contributed by atoms with van der Waals surface area (Å²) in [5.74, 6) is 1.93. The summed E-state index contributed by atoms with van der Waals surface area (Å²) in [7, 11) is 0. The zero-order valence-corrected chi connectivity index (χ0v) is 24.5. The fourth-order valence-corrected chi connectivity index (χ4v) is 4.49. The molecule has 0 aliphatic rings. The number of ether oxygens (including phenoxy) is 4. The van der Waals surface area contributed by atoms with Gasteiger partial charge in [-0.2, -0.15) is 5.10 Å². The molecule has 0 saturated heterocycles. The molecule has 0 saturated carbocycles. The molecule has 3 aromatic rings. The quantitative estimate of drug-likeness (QED) is 0.140. The van der Waals surface area contributed by atoms with Gasteiger partial charge in [-0.1, -0.05) is 25.6 Å². The van der Waals surface area contributed by atoms with Crippen LogP contribution in [0, 0.1) is 0 Å². The van der Waals surface area contributed by atoms with E-state index < -0.39 is 0 Å². The average molecular weight is 561 g/mol. The van der Waals surface area contributed by atoms with Gasteiger partial charge in [0.1, 0.15) is 5.82 Å². The number of rotatable bonds is 17. The van der Waals surface area contributed by atoms with Crippen molar-refractivity contribution in [1.29, 1.82) is 0 Å². The lowest BCUT2D eigenvalue weighted by Crippen LogP contribution is -2.27. The number of benzene rings is 1. The van der Waals surface area contributed by atoms with Crippen LogP contribution in [0.1, 0.15) is 51.9 Å². The van der Waals surface area contributed by atoms with Crippen LogP contribution in [-0.4, -0.2) is 77.0 Å². The Labute approximate surface area is 234 Å². The summed E-state index contributed by atoms with van der Waals surface area (Å²) >= 11 is 1.59. The van der Waals surface area contributed by atoms with Crippen LogP contribution in [0.25, 0.3) is 11.0 Å². The van der Waals surface area contributed by atoms with E-state index in [0.29, 0.717) is 91.5 Å². The van der Waals surface area contributed by atoms with E-state index in [4.69, 9.17) is 28.9 Å². The van der Waals surface area contributed by atoms with E-state index in [1.165, 1.54) is 0 Å². The summed E-state index contributed by atoms with van der Waals surface area (Å²) < 4.78 is 24.4. The van der Waals surface area contributed by atoms with Crippen molar-refractivity contribution >= 4 is 34.5 Å². The van der Waals surface area contributed by atoms with E-state index in [1.807, 2.05) is 27.7 Å². The van der Waals surface area contributed by atoms with Gasteiger partial charge in [0.05, 0.1) is 44.6 Å². The van der Waals surface area contributed by atoms with Crippen molar-refractivity contribution in [2.24, 2.45) is 0 Å². The second-order valence-corrected chi connectivity index (χ2v) is 10.2. The van der Waals surface area contributed by atoms with E-state index in [2.05, 4.69) is 29.6 Å². The van der Waals surface area contributed by atoms with Gasteiger partial charge >= 0.3 is 0 Å². The molecule has 0 spiro atoms. The van der Waals surface area contributed by atoms with Gasteiger partial charge in [-0.3, -0.25) is 4.79 Å². The highest BCUT2D eigenvalue weighted by Gasteiger charge is 2.19. The molecule has 0 aliphatic heterocycles. The van der Waals surface area contributed by atoms with Crippen LogP contribution >= 0.6 is 11.8 Å². The van der Waals surface area contributed by atoms with Crippen molar-refractivity contribution in [3.8, 4) is 17.2 Å². The minimum atomic E-state index is -0.250. The van der Waals surface area contributed by atoms with Gasteiger partial charge in [-0.15, -0.1) is 0 Å². The lowest BCUT2D eigenvalue weighted by molar-refractivity contribution is 0.0951. The van der Waals surface area contributed by atoms with E-state index in [1.54, 1.807) is 34.8 Å². The molecule has 2 N–H and O–H groups in total. The Hall–Kier alpha value is -3.25. The molecule has 39 heavy (non-hydrogen) atoms. The number of nitrogens with zero attached hydrogens (tertiary/aromatic N) is 4. The van der Waals surface area contributed by atoms with Gasteiger partial charge < -0.3 is 29.6 Å². The number of anilines is 1. The third-order valence-corrected chi connectivity index (χ3v) is 6.21. The first-order valence-corrected chi connectivity index (χ1v) is 14.4. The van der Waals surface area contributed by atoms with E-state index in [0.717, 1.165) is 11.2 Å². The second kappa shape index (κ2) is 15.4. The van der Waals surface area contributed by atoms with Crippen molar-refractivity contribution in [3.63, 3.8) is 0 Å². The number of thioether (sulfide) groups is 1. The summed E-state index contributed by atoms with van der Waals surface area (Å²) in [5, 5.41) is 12.7. The van der Waals surface area contributed by atoms with Crippen molar-refractivity contribution in [1.82, 2.24) is 25.1 Å². The molecule has 0 aliphatic carbocycles. The zero-order chi connectivity index (χ0) is 28.2. The molecule has 1 aromatic carbocycles. The van der Waals surface area contributed by atoms with Gasteiger partial charge in [0.15, 0.2) is 22.3 Å². The first-order valence-electron chi connectivity index (χ1n) is 13.5. The molecular formula is C27H40N6O5S. The molecule has 2 heterocycles. The maximum atomic E-state index is 13.1. The number of hydrogen-bond donors (Lipinski definition) is 2. The molecule has 0 radical (unpaired) electrons. The Morgan fingerprint density at radius 2 is 1.67 bits per heavy atom. The summed E-state index contributed by atoms with van der Waals surface area (Å²) in [6.07, 6.45) is 1.75. The van der Waals surface area contributed by atoms with Crippen LogP contribution in [-0.2, 0) is 11.3 Å². The van der Waals surface area contributed by atoms with Gasteiger partial charge in [0, 0.05) is 30.5 Å². The maximum absolute atomic E-state index is 13.1. The van der Waals surface area contributed by atoms with Crippen LogP contribution in [0.5, 0.6) is 17.2 Å². The van der Waals surface area contributed by atoms with Crippen molar-refractivity contribution in [3.05, 3.63) is 23.9 Å². The standard InChI is InChI=1S/C27H40N6O5S/c1-7-35-14-12-28-24-20-17-30-33(25(20)32-27(31-24)39-18(5)6)13-11-29-26(34)19-15-21(36-8-2)23(38-10-4)22(16-19)37-9-3/h15-18H,7-14H2,1-6H3,(H,29,34)(H,28,31,32). The molecule has 3 rings (SSSR count). The molecule has 11 nitrogen and oxygen atoms in total. The van der Waals surface area contributed by atoms with E-state index in [-0.39, 0.29) is 5.91 Å². The minimum absolute atomic E-state index is 0.250. The molecule has 0 bridgehead atoms. The molecule has 2 aromatic heterocycles. The number of hydrogen-bond acceptors (Lipinski definition) is 10. The summed E-state index contributed by atoms with van der Waals surface area (Å²) in [6, 6.07) is 3.36. The Morgan fingerprint density at radius 1 is 0.974 bits per heavy atom. The summed E-state index contributed by atoms with van der Waals surface area (Å²) in [6.45, 7) is 15.8. The third kappa shape index (κ3) is 8.37. The van der Waals surface area contributed by atoms with Crippen LogP contribution in [0.3, 0.4) is 0 Å². The Bertz CT molecular complexity index is 1190. The number of aromatic nitrogens is 4. The molecule has 12 heteroatoms. The highest BCUT2D eigenvalue weighted by atomic mass is 32.2. The second-order valence-electron chi connectivity index (χ2n) is 8.61. The monoisotopic (exact) mass is 560 g/mol. The predicted molar refractivity (Wildman–Crippen MR) is 154 cm³/mol. The van der Waals surface area contributed by atoms with Crippen LogP contribution in [0.15, 0.2) is 23.5 Å². The Kier molecular flexibility index (Phi) is 11.9. The Morgan fingerprint density at radius 3 is 2.28 bits per heavy atom. The predicted octanol–water partition coefficient (Wildman–Crippen LogP) is 4.40. The fraction of sp³-hybridized carbons (Fsp3) is 0.556. The molecule has 1 amide bonds. The zero-order valence-electron chi connectivity index (χ0n) is 23.7. The molecule has 0 unspecified atom stereocenters. The maximum Gasteiger partial charge on any atom is 0.251 e. The largest absolute Gasteiger partial charge is 0.490 e. The summed E-state index contributed by atoms with van der Waals surface area (Å²) in [4.78, 5) is 22.5. The van der Waals surface area contributed by atoms with Crippen molar-refractivity contribution in [2.75, 3.05) is 51.4 Å². The molecular weight excluding hydrogens is 520 g/mol. The summed E-state index contributed by atoms with van der Waals surface area (Å²) in [5.41, 5.74) is 1.13. The highest BCUT2D eigenvalue weighted by molar-refractivity contribution is 7.99. The molecule has 0 fully saturated rings. The number of carbonyl (C=O) groups is 1. The van der Waals surface area contributed by atoms with Gasteiger partial charge in [-0.05, 0) is 39.8 Å². The Balaban J connectivity index is 1.77. The van der Waals surface area contributed by atoms with Crippen LogP contribution < -0.4 is 24.8 Å². The van der Waals surface area contributed by atoms with Gasteiger partial charge in [-0.25, -0.2) is 14.6 Å². The molecule has 214 valence electrons. The van der Waals surface area contributed by atoms with Gasteiger partial charge in [0.25, 0.3) is 5.91 Å². The fourth-order valence-electron chi connectivity index (χ4n) is 3.78. The first-order chi connectivity index (χ1) is 18.9. The normalized spacial score (nSPS) is 11.2. The third-order valence-electron chi connectivity index (χ3n) is 5.34. The SMILES string of the molecule is CCOCCNc1nc(SC(C)C)nc2c1cnn2CCNC(=O)c1cc(OCC)c(OCC)c(OCC)c1. The topological polar surface area (TPSA) is 122 Å². The van der Waals surface area contributed by atoms with E-state index in [9.17, 15) is 4.79 Å². The smallest absolute Gasteiger partial charge is 0.251 e. The number of fused-ring (bicyclic) bond motifs is 1. The van der Waals surface area contributed by atoms with Crippen molar-refractivity contribution < 1.29 is 23.7 Å². The highest BCUT2D eigenvalue weighted by Crippen LogP contribution is 2.39. The van der Waals surface area contributed by atoms with E-state index >= 15 is 0 Å². The van der Waals surface area contributed by atoms with Crippen molar-refractivity contribution in [2.45, 2.75) is 58.5 Å². The first kappa shape index (κ1) is 30.3. The number of carbonyl (C=O) groups excluding carboxylic acids is 1. The lowest BCUT2D eigenvalue weighted by atomic mass is 10.1. The van der Waals surface area contributed by atoms with Crippen LogP contribution in [0.2, 0.25) is 0 Å². The average Bonchev–Trinajstić information content (AvgIpc) is 3.31. The van der Waals surface area contributed by atoms with Crippen LogP contribution in [0.4, 0.5) is 5.82 Å². The number of amides is 1. The number of nitrogens with one attached hydrogen (secondary N) is 2. The molecule has 0 atom stereocenters.